The van der Waals surface area contributed by atoms with Crippen LogP contribution in [0.3, 0.4) is 0 Å². The van der Waals surface area contributed by atoms with E-state index >= 15 is 0 Å². The van der Waals surface area contributed by atoms with Crippen LogP contribution >= 0.6 is 0 Å². The van der Waals surface area contributed by atoms with Crippen LogP contribution in [0.2, 0.25) is 0 Å². The monoisotopic (exact) mass is 190 g/mol. The van der Waals surface area contributed by atoms with Crippen LogP contribution < -0.4 is 29.6 Å². The molecule has 0 aliphatic rings. The van der Waals surface area contributed by atoms with E-state index in [0.29, 0.717) is 12.3 Å². The van der Waals surface area contributed by atoms with E-state index in [4.69, 9.17) is 4.55 Å². The summed E-state index contributed by atoms with van der Waals surface area (Å²) in [6, 6.07) is 0. The van der Waals surface area contributed by atoms with Crippen molar-refractivity contribution in [2.24, 2.45) is 5.92 Å². The van der Waals surface area contributed by atoms with E-state index in [-0.39, 0.29) is 36.7 Å². The fourth-order valence-electron chi connectivity index (χ4n) is 0.674. The van der Waals surface area contributed by atoms with Crippen molar-refractivity contribution in [3.8, 4) is 0 Å². The van der Waals surface area contributed by atoms with Crippen LogP contribution in [0.15, 0.2) is 0 Å². The van der Waals surface area contributed by atoms with Crippen molar-refractivity contribution in [2.75, 3.05) is 5.75 Å². The minimum atomic E-state index is -3.72. The Morgan fingerprint density at radius 2 is 1.91 bits per heavy atom. The van der Waals surface area contributed by atoms with Gasteiger partial charge in [-0.2, -0.15) is 8.42 Å². The summed E-state index contributed by atoms with van der Waals surface area (Å²) in [5, 5.41) is 0. The van der Waals surface area contributed by atoms with Gasteiger partial charge in [0, 0.05) is 0 Å². The molecule has 0 saturated heterocycles. The smallest absolute Gasteiger partial charge is 1.00 e. The first kappa shape index (κ1) is 14.4. The third-order valence-electron chi connectivity index (χ3n) is 1.18. The predicted molar refractivity (Wildman–Crippen MR) is 41.6 cm³/mol. The van der Waals surface area contributed by atoms with Gasteiger partial charge in [-0.05, 0) is 18.8 Å². The molecule has 5 heteroatoms. The molecule has 0 saturated carbocycles. The maximum Gasteiger partial charge on any atom is 1.00 e. The molecule has 1 N–H and O–H groups in total. The van der Waals surface area contributed by atoms with Crippen molar-refractivity contribution in [1.82, 2.24) is 0 Å². The van der Waals surface area contributed by atoms with Crippen LogP contribution in [0.4, 0.5) is 0 Å². The molecule has 0 amide bonds. The molecule has 0 aliphatic heterocycles. The second-order valence-corrected chi connectivity index (χ2v) is 4.39. The molecule has 0 spiro atoms. The number of hydrogen-bond donors (Lipinski definition) is 1. The van der Waals surface area contributed by atoms with Gasteiger partial charge in [-0.15, -0.1) is 0 Å². The SMILES string of the molecule is CC(C)CCCS(=O)(=O)O.[H-].[Na+]. The molecule has 0 radical (unpaired) electrons. The fraction of sp³-hybridized carbons (Fsp3) is 1.00. The van der Waals surface area contributed by atoms with Crippen LogP contribution in [0.1, 0.15) is 28.1 Å². The largest absolute Gasteiger partial charge is 1.00 e. The molecule has 0 unspecified atom stereocenters. The van der Waals surface area contributed by atoms with Crippen molar-refractivity contribution >= 4 is 10.1 Å². The first-order chi connectivity index (χ1) is 4.42. The van der Waals surface area contributed by atoms with Gasteiger partial charge >= 0.3 is 29.6 Å². The molecule has 11 heavy (non-hydrogen) atoms. The van der Waals surface area contributed by atoms with E-state index in [0.717, 1.165) is 6.42 Å². The van der Waals surface area contributed by atoms with Gasteiger partial charge in [0.05, 0.1) is 5.75 Å². The molecule has 0 bridgehead atoms. The average molecular weight is 190 g/mol. The summed E-state index contributed by atoms with van der Waals surface area (Å²) in [6.07, 6.45) is 1.40. The molecule has 0 aromatic rings. The van der Waals surface area contributed by atoms with E-state index < -0.39 is 10.1 Å². The van der Waals surface area contributed by atoms with Crippen molar-refractivity contribution in [3.05, 3.63) is 0 Å². The zero-order valence-corrected chi connectivity index (χ0v) is 10.2. The number of hydrogen-bond acceptors (Lipinski definition) is 2. The molecule has 64 valence electrons. The molecule has 0 aromatic heterocycles. The van der Waals surface area contributed by atoms with Gasteiger partial charge in [0.2, 0.25) is 0 Å². The Morgan fingerprint density at radius 1 is 1.45 bits per heavy atom. The molecule has 0 heterocycles. The van der Waals surface area contributed by atoms with Crippen LogP contribution in [-0.4, -0.2) is 18.7 Å². The van der Waals surface area contributed by atoms with Crippen molar-refractivity contribution in [1.29, 1.82) is 0 Å². The maximum absolute atomic E-state index is 10.2. The molecule has 0 fully saturated rings. The van der Waals surface area contributed by atoms with E-state index in [9.17, 15) is 8.42 Å². The molecule has 3 nitrogen and oxygen atoms in total. The van der Waals surface area contributed by atoms with Gasteiger partial charge in [0.25, 0.3) is 10.1 Å². The predicted octanol–water partition coefficient (Wildman–Crippen LogP) is -1.57. The molecule has 0 aromatic carbocycles. The van der Waals surface area contributed by atoms with Gasteiger partial charge in [0.15, 0.2) is 0 Å². The normalized spacial score (nSPS) is 11.3. The third kappa shape index (κ3) is 13.8. The van der Waals surface area contributed by atoms with Gasteiger partial charge < -0.3 is 1.43 Å². The summed E-state index contributed by atoms with van der Waals surface area (Å²) in [4.78, 5) is 0. The van der Waals surface area contributed by atoms with Crippen molar-refractivity contribution in [2.45, 2.75) is 26.7 Å². The Balaban J connectivity index is -0.000000405. The van der Waals surface area contributed by atoms with Gasteiger partial charge in [0.1, 0.15) is 0 Å². The number of rotatable bonds is 4. The zero-order chi connectivity index (χ0) is 8.20. The van der Waals surface area contributed by atoms with E-state index in [2.05, 4.69) is 0 Å². The fourth-order valence-corrected chi connectivity index (χ4v) is 1.21. The minimum absolute atomic E-state index is 0. The Hall–Kier alpha value is 0.910. The van der Waals surface area contributed by atoms with Gasteiger partial charge in [-0.25, -0.2) is 0 Å². The molecule has 0 rings (SSSR count). The Labute approximate surface area is 92.1 Å². The summed E-state index contributed by atoms with van der Waals surface area (Å²) in [5.74, 6) is 0.396. The van der Waals surface area contributed by atoms with E-state index in [1.54, 1.807) is 0 Å². The summed E-state index contributed by atoms with van der Waals surface area (Å²) in [7, 11) is -3.72. The van der Waals surface area contributed by atoms with Crippen LogP contribution in [0.25, 0.3) is 0 Å². The molecule has 0 aliphatic carbocycles. The first-order valence-corrected chi connectivity index (χ1v) is 4.98. The molecule has 0 atom stereocenters. The van der Waals surface area contributed by atoms with Crippen molar-refractivity contribution < 1.29 is 44.0 Å². The molecular formula is C6H15NaO3S. The zero-order valence-electron chi connectivity index (χ0n) is 8.37. The Kier molecular flexibility index (Phi) is 8.44. The summed E-state index contributed by atoms with van der Waals surface area (Å²) < 4.78 is 28.6. The summed E-state index contributed by atoms with van der Waals surface area (Å²) in [5.41, 5.74) is 0. The quantitative estimate of drug-likeness (QED) is 0.430. The van der Waals surface area contributed by atoms with Crippen LogP contribution in [0.5, 0.6) is 0 Å². The van der Waals surface area contributed by atoms with E-state index in [1.165, 1.54) is 0 Å². The van der Waals surface area contributed by atoms with Gasteiger partial charge in [-0.3, -0.25) is 4.55 Å². The molecular weight excluding hydrogens is 175 g/mol. The summed E-state index contributed by atoms with van der Waals surface area (Å²) >= 11 is 0. The van der Waals surface area contributed by atoms with Gasteiger partial charge in [-0.1, -0.05) is 13.8 Å². The Morgan fingerprint density at radius 3 is 2.18 bits per heavy atom. The first-order valence-electron chi connectivity index (χ1n) is 3.37. The Bertz CT molecular complexity index is 179. The second-order valence-electron chi connectivity index (χ2n) is 2.82. The second kappa shape index (κ2) is 6.43. The maximum atomic E-state index is 10.2. The van der Waals surface area contributed by atoms with Crippen LogP contribution in [0, 0.1) is 5.92 Å². The average Bonchev–Trinajstić information content (AvgIpc) is 1.59. The topological polar surface area (TPSA) is 54.4 Å². The minimum Gasteiger partial charge on any atom is -1.00 e. The third-order valence-corrected chi connectivity index (χ3v) is 1.99. The standard InChI is InChI=1S/C6H14O3S.Na.H/c1-6(2)4-3-5-10(7,8)9;;/h6H,3-5H2,1-2H3,(H,7,8,9);;/q;+1;-1. The van der Waals surface area contributed by atoms with E-state index in [1.807, 2.05) is 13.8 Å². The summed E-state index contributed by atoms with van der Waals surface area (Å²) in [6.45, 7) is 4.04. The van der Waals surface area contributed by atoms with Crippen molar-refractivity contribution in [3.63, 3.8) is 0 Å². The van der Waals surface area contributed by atoms with Crippen LogP contribution in [-0.2, 0) is 10.1 Å².